The Morgan fingerprint density at radius 3 is 3.00 bits per heavy atom. The molecule has 6 nitrogen and oxygen atoms in total. The van der Waals surface area contributed by atoms with Gasteiger partial charge in [0.15, 0.2) is 0 Å². The number of halogens is 1. The van der Waals surface area contributed by atoms with E-state index >= 15 is 0 Å². The zero-order valence-electron chi connectivity index (χ0n) is 17.2. The lowest BCUT2D eigenvalue weighted by Crippen LogP contribution is -2.55. The van der Waals surface area contributed by atoms with Crippen molar-refractivity contribution in [2.75, 3.05) is 26.2 Å². The first kappa shape index (κ1) is 19.4. The molecule has 0 bridgehead atoms. The molecule has 1 N–H and O–H groups in total. The number of H-pyrrole nitrogens is 1. The molecule has 156 valence electrons. The molecular weight excluding hydrogens is 400 g/mol. The molecule has 0 unspecified atom stereocenters. The number of aromatic amines is 1. The van der Waals surface area contributed by atoms with E-state index in [4.69, 9.17) is 16.3 Å². The minimum absolute atomic E-state index is 0.181. The highest BCUT2D eigenvalue weighted by atomic mass is 35.5. The van der Waals surface area contributed by atoms with E-state index in [1.807, 2.05) is 24.1 Å². The summed E-state index contributed by atoms with van der Waals surface area (Å²) in [5.74, 6) is 0.970. The van der Waals surface area contributed by atoms with E-state index < -0.39 is 0 Å². The number of hydrogen-bond acceptors (Lipinski definition) is 4. The van der Waals surface area contributed by atoms with Crippen molar-refractivity contribution in [3.05, 3.63) is 46.6 Å². The van der Waals surface area contributed by atoms with Crippen molar-refractivity contribution in [3.63, 3.8) is 0 Å². The van der Waals surface area contributed by atoms with E-state index in [-0.39, 0.29) is 11.9 Å². The van der Waals surface area contributed by atoms with Crippen LogP contribution in [-0.2, 0) is 11.3 Å². The van der Waals surface area contributed by atoms with E-state index in [2.05, 4.69) is 40.2 Å². The number of amides is 1. The summed E-state index contributed by atoms with van der Waals surface area (Å²) in [5.41, 5.74) is 5.27. The van der Waals surface area contributed by atoms with Crippen molar-refractivity contribution in [2.24, 2.45) is 0 Å². The quantitative estimate of drug-likeness (QED) is 0.675. The maximum absolute atomic E-state index is 12.2. The zero-order valence-corrected chi connectivity index (χ0v) is 18.0. The number of piperazine rings is 1. The summed E-state index contributed by atoms with van der Waals surface area (Å²) in [5, 5.41) is 8.93. The van der Waals surface area contributed by atoms with Crippen molar-refractivity contribution in [3.8, 4) is 16.9 Å². The predicted molar refractivity (Wildman–Crippen MR) is 118 cm³/mol. The molecular formula is C23H25ClN4O2. The number of carbonyl (C=O) groups is 1. The minimum atomic E-state index is 0.181. The van der Waals surface area contributed by atoms with Crippen molar-refractivity contribution in [1.29, 1.82) is 0 Å². The van der Waals surface area contributed by atoms with Gasteiger partial charge in [0.1, 0.15) is 12.4 Å². The van der Waals surface area contributed by atoms with Crippen molar-refractivity contribution in [2.45, 2.75) is 32.9 Å². The molecule has 0 saturated carbocycles. The fraction of sp³-hybridized carbons (Fsp3) is 0.391. The van der Waals surface area contributed by atoms with Crippen molar-refractivity contribution in [1.82, 2.24) is 20.0 Å². The minimum Gasteiger partial charge on any atom is -0.490 e. The van der Waals surface area contributed by atoms with Gasteiger partial charge in [-0.3, -0.25) is 14.8 Å². The molecule has 5 rings (SSSR count). The SMILES string of the molecule is CCC(=O)N1CCN2Cc3ccc(-c4c(C)ccc5[nH]ncc45)c(Cl)c3OC[C@@H]2C1. The van der Waals surface area contributed by atoms with E-state index in [1.165, 1.54) is 0 Å². The van der Waals surface area contributed by atoms with Crippen LogP contribution in [0.5, 0.6) is 5.75 Å². The monoisotopic (exact) mass is 424 g/mol. The van der Waals surface area contributed by atoms with Crippen LogP contribution < -0.4 is 4.74 Å². The van der Waals surface area contributed by atoms with Gasteiger partial charge in [0.05, 0.1) is 22.8 Å². The molecule has 0 aliphatic carbocycles. The van der Waals surface area contributed by atoms with Crippen LogP contribution in [0.2, 0.25) is 5.02 Å². The van der Waals surface area contributed by atoms with Crippen LogP contribution in [0, 0.1) is 6.92 Å². The number of hydrogen-bond donors (Lipinski definition) is 1. The Kier molecular flexibility index (Phi) is 4.91. The molecule has 30 heavy (non-hydrogen) atoms. The Morgan fingerprint density at radius 1 is 1.30 bits per heavy atom. The van der Waals surface area contributed by atoms with Crippen LogP contribution in [0.15, 0.2) is 30.5 Å². The van der Waals surface area contributed by atoms with E-state index in [9.17, 15) is 4.79 Å². The first-order valence-corrected chi connectivity index (χ1v) is 10.8. The summed E-state index contributed by atoms with van der Waals surface area (Å²) in [4.78, 5) is 16.5. The van der Waals surface area contributed by atoms with Crippen LogP contribution in [-0.4, -0.2) is 58.2 Å². The summed E-state index contributed by atoms with van der Waals surface area (Å²) in [6.07, 6.45) is 2.39. The lowest BCUT2D eigenvalue weighted by molar-refractivity contribution is -0.134. The third-order valence-electron chi connectivity index (χ3n) is 6.33. The molecule has 3 heterocycles. The molecule has 2 aromatic carbocycles. The third kappa shape index (κ3) is 3.15. The third-order valence-corrected chi connectivity index (χ3v) is 6.71. The molecule has 1 fully saturated rings. The van der Waals surface area contributed by atoms with Gasteiger partial charge in [-0.25, -0.2) is 0 Å². The number of ether oxygens (including phenoxy) is 1. The lowest BCUT2D eigenvalue weighted by Gasteiger charge is -2.39. The average Bonchev–Trinajstić information content (AvgIpc) is 3.14. The zero-order chi connectivity index (χ0) is 20.8. The lowest BCUT2D eigenvalue weighted by atomic mass is 9.95. The van der Waals surface area contributed by atoms with Crippen LogP contribution >= 0.6 is 11.6 Å². The molecule has 3 aromatic rings. The number of nitrogens with one attached hydrogen (secondary N) is 1. The molecule has 2 aliphatic rings. The van der Waals surface area contributed by atoms with Crippen LogP contribution in [0.3, 0.4) is 0 Å². The van der Waals surface area contributed by atoms with Crippen LogP contribution in [0.4, 0.5) is 0 Å². The molecule has 1 saturated heterocycles. The number of benzene rings is 2. The smallest absolute Gasteiger partial charge is 0.222 e. The Labute approximate surface area is 180 Å². The van der Waals surface area contributed by atoms with Gasteiger partial charge >= 0.3 is 0 Å². The predicted octanol–water partition coefficient (Wildman–Crippen LogP) is 4.01. The normalized spacial score (nSPS) is 19.2. The molecule has 0 radical (unpaired) electrons. The van der Waals surface area contributed by atoms with Crippen LogP contribution in [0.1, 0.15) is 24.5 Å². The second-order valence-electron chi connectivity index (χ2n) is 8.13. The molecule has 7 heteroatoms. The van der Waals surface area contributed by atoms with Crippen molar-refractivity contribution >= 4 is 28.4 Å². The summed E-state index contributed by atoms with van der Waals surface area (Å²) in [7, 11) is 0. The Hall–Kier alpha value is -2.57. The van der Waals surface area contributed by atoms with E-state index in [1.54, 1.807) is 0 Å². The van der Waals surface area contributed by atoms with Gasteiger partial charge in [0.2, 0.25) is 5.91 Å². The summed E-state index contributed by atoms with van der Waals surface area (Å²) >= 11 is 6.93. The maximum Gasteiger partial charge on any atom is 0.222 e. The highest BCUT2D eigenvalue weighted by Crippen LogP contribution is 2.43. The Bertz CT molecular complexity index is 1130. The highest BCUT2D eigenvalue weighted by Gasteiger charge is 2.33. The summed E-state index contributed by atoms with van der Waals surface area (Å²) in [6, 6.07) is 8.52. The molecule has 1 aromatic heterocycles. The second-order valence-corrected chi connectivity index (χ2v) is 8.51. The summed E-state index contributed by atoms with van der Waals surface area (Å²) in [6.45, 7) is 7.64. The molecule has 0 spiro atoms. The van der Waals surface area contributed by atoms with Gasteiger partial charge in [0, 0.05) is 49.1 Å². The number of aryl methyl sites for hydroxylation is 1. The van der Waals surface area contributed by atoms with Gasteiger partial charge in [-0.15, -0.1) is 0 Å². The van der Waals surface area contributed by atoms with E-state index in [0.29, 0.717) is 24.6 Å². The van der Waals surface area contributed by atoms with Gasteiger partial charge in [0.25, 0.3) is 0 Å². The Morgan fingerprint density at radius 2 is 2.17 bits per heavy atom. The van der Waals surface area contributed by atoms with Gasteiger partial charge < -0.3 is 9.64 Å². The van der Waals surface area contributed by atoms with Gasteiger partial charge in [-0.2, -0.15) is 5.10 Å². The number of rotatable bonds is 2. The molecule has 1 atom stereocenters. The second kappa shape index (κ2) is 7.60. The van der Waals surface area contributed by atoms with Crippen LogP contribution in [0.25, 0.3) is 22.0 Å². The van der Waals surface area contributed by atoms with Crippen molar-refractivity contribution < 1.29 is 9.53 Å². The molecule has 1 amide bonds. The first-order chi connectivity index (χ1) is 14.6. The number of carbonyl (C=O) groups excluding carboxylic acids is 1. The largest absolute Gasteiger partial charge is 0.490 e. The Balaban J connectivity index is 1.51. The standard InChI is InChI=1S/C23H25ClN4O2/c1-3-20(29)28-9-8-27-11-15-5-6-17(22(24)23(15)30-13-16(27)12-28)21-14(2)4-7-19-18(21)10-25-26-19/h4-7,10,16H,3,8-9,11-13H2,1-2H3,(H,25,26)/t16-/m0/s1. The number of nitrogens with zero attached hydrogens (tertiary/aromatic N) is 3. The molecule has 2 aliphatic heterocycles. The van der Waals surface area contributed by atoms with Gasteiger partial charge in [-0.05, 0) is 24.1 Å². The fourth-order valence-corrected chi connectivity index (χ4v) is 4.99. The van der Waals surface area contributed by atoms with Gasteiger partial charge in [-0.1, -0.05) is 36.7 Å². The highest BCUT2D eigenvalue weighted by molar-refractivity contribution is 6.35. The fourth-order valence-electron chi connectivity index (χ4n) is 4.66. The van der Waals surface area contributed by atoms with E-state index in [0.717, 1.165) is 58.5 Å². The summed E-state index contributed by atoms with van der Waals surface area (Å²) < 4.78 is 6.27. The number of aromatic nitrogens is 2. The topological polar surface area (TPSA) is 61.5 Å². The number of fused-ring (bicyclic) bond motifs is 3. The average molecular weight is 425 g/mol. The first-order valence-electron chi connectivity index (χ1n) is 10.5. The maximum atomic E-state index is 12.2.